The standard InChI is InChI=1S/C23H14N4O3S2/c24-13-17-12-19(32(28,29)27-23-26-15-18(14-25)31-23)10-11-21(17)30-22-9-5-4-8-20(22)16-6-2-1-3-7-16/h1-12,15H,(H,26,27). The first-order valence-electron chi connectivity index (χ1n) is 9.25. The normalized spacial score (nSPS) is 10.7. The van der Waals surface area contributed by atoms with Gasteiger partial charge in [-0.1, -0.05) is 59.9 Å². The third-order valence-electron chi connectivity index (χ3n) is 4.41. The number of sulfonamides is 1. The first-order chi connectivity index (χ1) is 15.5. The van der Waals surface area contributed by atoms with Gasteiger partial charge in [-0.15, -0.1) is 0 Å². The van der Waals surface area contributed by atoms with Crippen LogP contribution in [0.1, 0.15) is 10.4 Å². The van der Waals surface area contributed by atoms with Crippen LogP contribution in [0.4, 0.5) is 5.13 Å². The highest BCUT2D eigenvalue weighted by Crippen LogP contribution is 2.35. The minimum atomic E-state index is -4.00. The minimum absolute atomic E-state index is 0.0626. The molecule has 0 saturated heterocycles. The number of nitrogens with one attached hydrogen (secondary N) is 1. The van der Waals surface area contributed by atoms with E-state index in [9.17, 15) is 13.7 Å². The van der Waals surface area contributed by atoms with E-state index in [1.165, 1.54) is 24.4 Å². The lowest BCUT2D eigenvalue weighted by Crippen LogP contribution is -2.13. The molecule has 4 rings (SSSR count). The Balaban J connectivity index is 1.64. The second-order valence-electron chi connectivity index (χ2n) is 6.48. The highest BCUT2D eigenvalue weighted by molar-refractivity contribution is 7.93. The minimum Gasteiger partial charge on any atom is -0.455 e. The second kappa shape index (κ2) is 8.90. The van der Waals surface area contributed by atoms with Gasteiger partial charge in [-0.2, -0.15) is 10.5 Å². The van der Waals surface area contributed by atoms with Crippen molar-refractivity contribution in [3.8, 4) is 34.8 Å². The van der Waals surface area contributed by atoms with Crippen LogP contribution in [-0.4, -0.2) is 13.4 Å². The smallest absolute Gasteiger partial charge is 0.263 e. The molecule has 4 aromatic rings. The predicted molar refractivity (Wildman–Crippen MR) is 121 cm³/mol. The van der Waals surface area contributed by atoms with Gasteiger partial charge >= 0.3 is 0 Å². The number of nitriles is 2. The molecule has 7 nitrogen and oxygen atoms in total. The monoisotopic (exact) mass is 458 g/mol. The van der Waals surface area contributed by atoms with Crippen molar-refractivity contribution in [2.45, 2.75) is 4.90 Å². The Morgan fingerprint density at radius 3 is 2.38 bits per heavy atom. The maximum Gasteiger partial charge on any atom is 0.263 e. The molecule has 0 aliphatic carbocycles. The molecule has 0 unspecified atom stereocenters. The van der Waals surface area contributed by atoms with Gasteiger partial charge in [-0.3, -0.25) is 4.72 Å². The summed E-state index contributed by atoms with van der Waals surface area (Å²) in [7, 11) is -4.00. The van der Waals surface area contributed by atoms with Crippen molar-refractivity contribution in [2.24, 2.45) is 0 Å². The highest BCUT2D eigenvalue weighted by Gasteiger charge is 2.19. The number of thiazole rings is 1. The Hall–Kier alpha value is -4.18. The molecule has 1 heterocycles. The van der Waals surface area contributed by atoms with Gasteiger partial charge in [-0.25, -0.2) is 13.4 Å². The summed E-state index contributed by atoms with van der Waals surface area (Å²) < 4.78 is 33.7. The van der Waals surface area contributed by atoms with E-state index in [0.717, 1.165) is 22.5 Å². The maximum absolute atomic E-state index is 12.7. The second-order valence-corrected chi connectivity index (χ2v) is 9.19. The zero-order chi connectivity index (χ0) is 22.6. The van der Waals surface area contributed by atoms with Gasteiger partial charge in [0.2, 0.25) is 0 Å². The fraction of sp³-hybridized carbons (Fsp3) is 0. The summed E-state index contributed by atoms with van der Waals surface area (Å²) in [6.45, 7) is 0. The largest absolute Gasteiger partial charge is 0.455 e. The van der Waals surface area contributed by atoms with Gasteiger partial charge in [0.05, 0.1) is 16.7 Å². The van der Waals surface area contributed by atoms with Crippen LogP contribution in [0.5, 0.6) is 11.5 Å². The number of rotatable bonds is 6. The summed E-state index contributed by atoms with van der Waals surface area (Å²) in [6.07, 6.45) is 1.28. The van der Waals surface area contributed by atoms with Crippen LogP contribution >= 0.6 is 11.3 Å². The van der Waals surface area contributed by atoms with Gasteiger partial charge in [0, 0.05) is 5.56 Å². The maximum atomic E-state index is 12.7. The SMILES string of the molecule is N#Cc1cnc(NS(=O)(=O)c2ccc(Oc3ccccc3-c3ccccc3)c(C#N)c2)s1. The van der Waals surface area contributed by atoms with E-state index in [4.69, 9.17) is 10.00 Å². The van der Waals surface area contributed by atoms with Gasteiger partial charge in [-0.05, 0) is 29.8 Å². The summed E-state index contributed by atoms with van der Waals surface area (Å²) in [5.74, 6) is 0.770. The Morgan fingerprint density at radius 1 is 0.906 bits per heavy atom. The van der Waals surface area contributed by atoms with Crippen LogP contribution in [0, 0.1) is 22.7 Å². The molecule has 0 fully saturated rings. The molecule has 1 aromatic heterocycles. The number of ether oxygens (including phenoxy) is 1. The number of benzene rings is 3. The molecule has 0 bridgehead atoms. The fourth-order valence-corrected chi connectivity index (χ4v) is 4.81. The van der Waals surface area contributed by atoms with E-state index < -0.39 is 10.0 Å². The summed E-state index contributed by atoms with van der Waals surface area (Å²) in [6, 6.07) is 25.0. The average molecular weight is 459 g/mol. The lowest BCUT2D eigenvalue weighted by atomic mass is 10.0. The number of hydrogen-bond donors (Lipinski definition) is 1. The molecule has 32 heavy (non-hydrogen) atoms. The third-order valence-corrected chi connectivity index (χ3v) is 6.69. The summed E-state index contributed by atoms with van der Waals surface area (Å²) in [5.41, 5.74) is 1.85. The van der Waals surface area contributed by atoms with Crippen molar-refractivity contribution < 1.29 is 13.2 Å². The van der Waals surface area contributed by atoms with Gasteiger partial charge in [0.25, 0.3) is 10.0 Å². The van der Waals surface area contributed by atoms with Crippen molar-refractivity contribution in [1.29, 1.82) is 10.5 Å². The van der Waals surface area contributed by atoms with Crippen molar-refractivity contribution >= 4 is 26.5 Å². The Labute approximate surface area is 188 Å². The lowest BCUT2D eigenvalue weighted by molar-refractivity contribution is 0.482. The fourth-order valence-electron chi connectivity index (χ4n) is 2.93. The molecule has 0 atom stereocenters. The van der Waals surface area contributed by atoms with E-state index in [0.29, 0.717) is 5.75 Å². The molecule has 0 aliphatic heterocycles. The zero-order valence-corrected chi connectivity index (χ0v) is 18.0. The van der Waals surface area contributed by atoms with Crippen molar-refractivity contribution in [1.82, 2.24) is 4.98 Å². The summed E-state index contributed by atoms with van der Waals surface area (Å²) in [4.78, 5) is 4.03. The molecule has 0 spiro atoms. The molecular weight excluding hydrogens is 444 g/mol. The first-order valence-corrected chi connectivity index (χ1v) is 11.6. The lowest BCUT2D eigenvalue weighted by Gasteiger charge is -2.13. The van der Waals surface area contributed by atoms with Gasteiger partial charge < -0.3 is 4.74 Å². The van der Waals surface area contributed by atoms with Crippen LogP contribution in [0.3, 0.4) is 0 Å². The van der Waals surface area contributed by atoms with E-state index >= 15 is 0 Å². The summed E-state index contributed by atoms with van der Waals surface area (Å²) >= 11 is 0.917. The third kappa shape index (κ3) is 4.44. The van der Waals surface area contributed by atoms with E-state index in [1.807, 2.05) is 60.7 Å². The van der Waals surface area contributed by atoms with Crippen LogP contribution in [0.15, 0.2) is 83.9 Å². The summed E-state index contributed by atoms with van der Waals surface area (Å²) in [5, 5.41) is 18.5. The average Bonchev–Trinajstić information content (AvgIpc) is 3.27. The van der Waals surface area contributed by atoms with Crippen molar-refractivity contribution in [2.75, 3.05) is 4.72 Å². The van der Waals surface area contributed by atoms with Gasteiger partial charge in [0.1, 0.15) is 28.5 Å². The number of anilines is 1. The molecule has 3 aromatic carbocycles. The van der Waals surface area contributed by atoms with Crippen molar-refractivity contribution in [3.05, 3.63) is 89.4 Å². The first kappa shape index (κ1) is 21.1. The van der Waals surface area contributed by atoms with Crippen LogP contribution in [0.2, 0.25) is 0 Å². The Morgan fingerprint density at radius 2 is 1.66 bits per heavy atom. The zero-order valence-electron chi connectivity index (χ0n) is 16.4. The molecule has 0 aliphatic rings. The number of nitrogens with zero attached hydrogens (tertiary/aromatic N) is 3. The Bertz CT molecular complexity index is 1470. The van der Waals surface area contributed by atoms with Crippen LogP contribution < -0.4 is 9.46 Å². The highest BCUT2D eigenvalue weighted by atomic mass is 32.2. The molecule has 156 valence electrons. The molecule has 9 heteroatoms. The molecule has 0 saturated carbocycles. The van der Waals surface area contributed by atoms with E-state index in [-0.39, 0.29) is 26.2 Å². The Kier molecular flexibility index (Phi) is 5.86. The number of aromatic nitrogens is 1. The predicted octanol–water partition coefficient (Wildman–Crippen LogP) is 5.15. The van der Waals surface area contributed by atoms with E-state index in [1.54, 1.807) is 6.07 Å². The number of hydrogen-bond acceptors (Lipinski definition) is 7. The van der Waals surface area contributed by atoms with Crippen molar-refractivity contribution in [3.63, 3.8) is 0 Å². The molecule has 0 amide bonds. The quantitative estimate of drug-likeness (QED) is 0.427. The molecular formula is C23H14N4O3S2. The van der Waals surface area contributed by atoms with Crippen LogP contribution in [0.25, 0.3) is 11.1 Å². The van der Waals surface area contributed by atoms with E-state index in [2.05, 4.69) is 9.71 Å². The van der Waals surface area contributed by atoms with Gasteiger partial charge in [0.15, 0.2) is 5.13 Å². The van der Waals surface area contributed by atoms with Crippen LogP contribution in [-0.2, 0) is 10.0 Å². The topological polar surface area (TPSA) is 116 Å². The molecule has 0 radical (unpaired) electrons. The number of para-hydroxylation sites is 1. The molecule has 1 N–H and O–H groups in total.